The third-order valence-corrected chi connectivity index (χ3v) is 5.31. The van der Waals surface area contributed by atoms with Crippen molar-refractivity contribution in [1.82, 2.24) is 14.6 Å². The quantitative estimate of drug-likeness (QED) is 0.864. The lowest BCUT2D eigenvalue weighted by Gasteiger charge is -2.18. The van der Waals surface area contributed by atoms with Gasteiger partial charge >= 0.3 is 0 Å². The maximum Gasteiger partial charge on any atom is 0.155 e. The minimum Gasteiger partial charge on any atom is -0.325 e. The van der Waals surface area contributed by atoms with Crippen LogP contribution in [0.2, 0.25) is 0 Å². The van der Waals surface area contributed by atoms with E-state index >= 15 is 0 Å². The Morgan fingerprint density at radius 1 is 1.42 bits per heavy atom. The van der Waals surface area contributed by atoms with Gasteiger partial charge in [-0.3, -0.25) is 0 Å². The molecule has 3 heterocycles. The minimum absolute atomic E-state index is 0.0933. The Bertz CT molecular complexity index is 708. The van der Waals surface area contributed by atoms with E-state index in [0.717, 1.165) is 17.8 Å². The van der Waals surface area contributed by atoms with E-state index in [-0.39, 0.29) is 17.4 Å². The van der Waals surface area contributed by atoms with Crippen LogP contribution in [-0.2, 0) is 16.4 Å². The fourth-order valence-electron chi connectivity index (χ4n) is 2.53. The summed E-state index contributed by atoms with van der Waals surface area (Å²) in [5.41, 5.74) is 7.26. The van der Waals surface area contributed by atoms with Gasteiger partial charge in [0.1, 0.15) is 0 Å². The average Bonchev–Trinajstić information content (AvgIpc) is 2.81. The first-order valence-electron chi connectivity index (χ1n) is 6.34. The molecule has 6 nitrogen and oxygen atoms in total. The lowest BCUT2D eigenvalue weighted by molar-refractivity contribution is 0.543. The Labute approximate surface area is 111 Å². The Morgan fingerprint density at radius 3 is 3.00 bits per heavy atom. The van der Waals surface area contributed by atoms with Crippen LogP contribution in [-0.4, -0.2) is 34.5 Å². The number of fused-ring (bicyclic) bond motifs is 1. The van der Waals surface area contributed by atoms with Gasteiger partial charge in [0.15, 0.2) is 21.3 Å². The van der Waals surface area contributed by atoms with Crippen molar-refractivity contribution in [2.75, 3.05) is 11.5 Å². The number of hydrogen-bond donors (Lipinski definition) is 1. The van der Waals surface area contributed by atoms with Crippen molar-refractivity contribution in [3.63, 3.8) is 0 Å². The van der Waals surface area contributed by atoms with Gasteiger partial charge in [0.2, 0.25) is 0 Å². The van der Waals surface area contributed by atoms with Crippen LogP contribution in [0.15, 0.2) is 18.2 Å². The van der Waals surface area contributed by atoms with Gasteiger partial charge in [0.05, 0.1) is 17.2 Å². The standard InChI is InChI=1S/C12H16N4O2S/c13-7-10-4-1-5-11-14-12(15-16(10)11)9-3-2-6-19(17,18)8-9/h1,4-5,9H,2-3,6-8,13H2. The molecule has 1 aliphatic rings. The van der Waals surface area contributed by atoms with Crippen LogP contribution in [0.3, 0.4) is 0 Å². The fourth-order valence-corrected chi connectivity index (χ4v) is 4.23. The van der Waals surface area contributed by atoms with E-state index in [9.17, 15) is 8.42 Å². The summed E-state index contributed by atoms with van der Waals surface area (Å²) >= 11 is 0. The zero-order chi connectivity index (χ0) is 13.5. The maximum atomic E-state index is 11.7. The molecule has 1 unspecified atom stereocenters. The van der Waals surface area contributed by atoms with Crippen molar-refractivity contribution >= 4 is 15.5 Å². The molecular formula is C12H16N4O2S. The van der Waals surface area contributed by atoms with E-state index in [4.69, 9.17) is 5.73 Å². The maximum absolute atomic E-state index is 11.7. The summed E-state index contributed by atoms with van der Waals surface area (Å²) < 4.78 is 25.1. The molecule has 2 aromatic rings. The number of sulfone groups is 1. The van der Waals surface area contributed by atoms with Crippen molar-refractivity contribution in [3.8, 4) is 0 Å². The molecule has 3 rings (SSSR count). The van der Waals surface area contributed by atoms with Gasteiger partial charge in [-0.2, -0.15) is 5.10 Å². The zero-order valence-electron chi connectivity index (χ0n) is 10.5. The smallest absolute Gasteiger partial charge is 0.155 e. The molecule has 102 valence electrons. The van der Waals surface area contributed by atoms with Gasteiger partial charge in [-0.1, -0.05) is 6.07 Å². The van der Waals surface area contributed by atoms with Crippen LogP contribution in [0.25, 0.3) is 5.65 Å². The predicted molar refractivity (Wildman–Crippen MR) is 71.5 cm³/mol. The molecule has 1 saturated heterocycles. The van der Waals surface area contributed by atoms with Gasteiger partial charge in [-0.25, -0.2) is 17.9 Å². The SMILES string of the molecule is NCc1cccc2nc(C3CCCS(=O)(=O)C3)nn12. The fraction of sp³-hybridized carbons (Fsp3) is 0.500. The average molecular weight is 280 g/mol. The molecule has 0 spiro atoms. The van der Waals surface area contributed by atoms with Crippen molar-refractivity contribution in [3.05, 3.63) is 29.7 Å². The Balaban J connectivity index is 2.02. The van der Waals surface area contributed by atoms with Crippen LogP contribution in [0.4, 0.5) is 0 Å². The molecule has 19 heavy (non-hydrogen) atoms. The molecule has 7 heteroatoms. The van der Waals surface area contributed by atoms with Crippen LogP contribution >= 0.6 is 0 Å². The first-order valence-corrected chi connectivity index (χ1v) is 8.16. The highest BCUT2D eigenvalue weighted by molar-refractivity contribution is 7.91. The molecule has 0 bridgehead atoms. The van der Waals surface area contributed by atoms with E-state index in [2.05, 4.69) is 10.1 Å². The van der Waals surface area contributed by atoms with Crippen LogP contribution in [0, 0.1) is 0 Å². The molecule has 2 aromatic heterocycles. The Kier molecular flexibility index (Phi) is 3.02. The largest absolute Gasteiger partial charge is 0.325 e. The minimum atomic E-state index is -2.95. The highest BCUT2D eigenvalue weighted by Gasteiger charge is 2.28. The second-order valence-electron chi connectivity index (χ2n) is 4.91. The number of nitrogens with two attached hydrogens (primary N) is 1. The number of pyridine rings is 1. The lowest BCUT2D eigenvalue weighted by atomic mass is 10.1. The van der Waals surface area contributed by atoms with Gasteiger partial charge < -0.3 is 5.73 Å². The van der Waals surface area contributed by atoms with Gasteiger partial charge in [0.25, 0.3) is 0 Å². The van der Waals surface area contributed by atoms with Crippen LogP contribution in [0.5, 0.6) is 0 Å². The normalized spacial score (nSPS) is 22.7. The lowest BCUT2D eigenvalue weighted by Crippen LogP contribution is -2.24. The summed E-state index contributed by atoms with van der Waals surface area (Å²) in [5, 5.41) is 4.43. The second kappa shape index (κ2) is 4.57. The predicted octanol–water partition coefficient (Wildman–Crippen LogP) is 0.480. The summed E-state index contributed by atoms with van der Waals surface area (Å²) in [7, 11) is -2.95. The number of aromatic nitrogens is 3. The van der Waals surface area contributed by atoms with Gasteiger partial charge in [0, 0.05) is 12.5 Å². The number of rotatable bonds is 2. The summed E-state index contributed by atoms with van der Waals surface area (Å²) in [4.78, 5) is 4.44. The summed E-state index contributed by atoms with van der Waals surface area (Å²) in [5.74, 6) is 0.959. The number of nitrogens with zero attached hydrogens (tertiary/aromatic N) is 3. The first-order chi connectivity index (χ1) is 9.09. The summed E-state index contributed by atoms with van der Waals surface area (Å²) in [6, 6.07) is 5.63. The van der Waals surface area contributed by atoms with Crippen molar-refractivity contribution in [2.24, 2.45) is 5.73 Å². The Hall–Kier alpha value is -1.47. The van der Waals surface area contributed by atoms with E-state index < -0.39 is 9.84 Å². The highest BCUT2D eigenvalue weighted by Crippen LogP contribution is 2.26. The molecular weight excluding hydrogens is 264 g/mol. The van der Waals surface area contributed by atoms with E-state index in [0.29, 0.717) is 18.8 Å². The van der Waals surface area contributed by atoms with E-state index in [1.165, 1.54) is 0 Å². The first kappa shape index (κ1) is 12.6. The molecule has 1 aliphatic heterocycles. The molecule has 0 aromatic carbocycles. The van der Waals surface area contributed by atoms with Crippen molar-refractivity contribution in [2.45, 2.75) is 25.3 Å². The van der Waals surface area contributed by atoms with Crippen molar-refractivity contribution < 1.29 is 8.42 Å². The third-order valence-electron chi connectivity index (χ3n) is 3.49. The van der Waals surface area contributed by atoms with Crippen LogP contribution < -0.4 is 5.73 Å². The molecule has 0 saturated carbocycles. The highest BCUT2D eigenvalue weighted by atomic mass is 32.2. The third kappa shape index (κ3) is 2.35. The second-order valence-corrected chi connectivity index (χ2v) is 7.14. The monoisotopic (exact) mass is 280 g/mol. The van der Waals surface area contributed by atoms with Gasteiger partial charge in [-0.15, -0.1) is 0 Å². The molecule has 0 aliphatic carbocycles. The zero-order valence-corrected chi connectivity index (χ0v) is 11.3. The van der Waals surface area contributed by atoms with Crippen molar-refractivity contribution in [1.29, 1.82) is 0 Å². The van der Waals surface area contributed by atoms with E-state index in [1.807, 2.05) is 18.2 Å². The molecule has 1 fully saturated rings. The summed E-state index contributed by atoms with van der Waals surface area (Å²) in [6.07, 6.45) is 1.51. The topological polar surface area (TPSA) is 90.3 Å². The molecule has 0 amide bonds. The summed E-state index contributed by atoms with van der Waals surface area (Å²) in [6.45, 7) is 0.378. The molecule has 2 N–H and O–H groups in total. The number of hydrogen-bond acceptors (Lipinski definition) is 5. The van der Waals surface area contributed by atoms with Crippen LogP contribution in [0.1, 0.15) is 30.3 Å². The Morgan fingerprint density at radius 2 is 2.26 bits per heavy atom. The molecule has 0 radical (unpaired) electrons. The van der Waals surface area contributed by atoms with Gasteiger partial charge in [-0.05, 0) is 25.0 Å². The molecule has 1 atom stereocenters. The van der Waals surface area contributed by atoms with E-state index in [1.54, 1.807) is 4.52 Å².